The minimum atomic E-state index is 0.0145. The van der Waals surface area contributed by atoms with E-state index in [4.69, 9.17) is 0 Å². The molecule has 3 nitrogen and oxygen atoms in total. The first-order valence-electron chi connectivity index (χ1n) is 9.23. The zero-order valence-corrected chi connectivity index (χ0v) is 14.4. The minimum absolute atomic E-state index is 0.0145. The summed E-state index contributed by atoms with van der Waals surface area (Å²) in [6.45, 7) is 10.8. The third-order valence-corrected chi connectivity index (χ3v) is 6.24. The van der Waals surface area contributed by atoms with Crippen LogP contribution in [0.5, 0.6) is 0 Å². The third kappa shape index (κ3) is 4.00. The van der Waals surface area contributed by atoms with Crippen molar-refractivity contribution in [2.75, 3.05) is 26.2 Å². The van der Waals surface area contributed by atoms with E-state index in [1.807, 2.05) is 0 Å². The zero-order valence-electron chi connectivity index (χ0n) is 14.4. The summed E-state index contributed by atoms with van der Waals surface area (Å²) in [7, 11) is 0. The lowest BCUT2D eigenvalue weighted by Gasteiger charge is -2.40. The maximum Gasteiger partial charge on any atom is 0.0616 e. The van der Waals surface area contributed by atoms with E-state index in [0.29, 0.717) is 12.5 Å². The van der Waals surface area contributed by atoms with E-state index in [1.54, 1.807) is 0 Å². The molecule has 0 bridgehead atoms. The van der Waals surface area contributed by atoms with Gasteiger partial charge < -0.3 is 15.3 Å². The van der Waals surface area contributed by atoms with Gasteiger partial charge in [-0.05, 0) is 76.9 Å². The molecule has 1 saturated heterocycles. The molecule has 4 atom stereocenters. The molecule has 2 N–H and O–H groups in total. The Labute approximate surface area is 131 Å². The van der Waals surface area contributed by atoms with Crippen molar-refractivity contribution in [3.63, 3.8) is 0 Å². The molecule has 2 aliphatic rings. The molecule has 0 aromatic heterocycles. The Morgan fingerprint density at radius 1 is 1.24 bits per heavy atom. The van der Waals surface area contributed by atoms with Gasteiger partial charge >= 0.3 is 0 Å². The second-order valence-corrected chi connectivity index (χ2v) is 7.51. The van der Waals surface area contributed by atoms with Crippen molar-refractivity contribution in [2.24, 2.45) is 11.8 Å². The SMILES string of the molecule is CCCNC1(CO)CCCC1CCN1CCCC(C)C1C. The van der Waals surface area contributed by atoms with Gasteiger partial charge in [-0.1, -0.05) is 20.3 Å². The van der Waals surface area contributed by atoms with Crippen LogP contribution in [-0.4, -0.2) is 47.8 Å². The predicted molar refractivity (Wildman–Crippen MR) is 89.5 cm³/mol. The van der Waals surface area contributed by atoms with Crippen LogP contribution in [-0.2, 0) is 0 Å². The summed E-state index contributed by atoms with van der Waals surface area (Å²) in [5.41, 5.74) is 0.0145. The summed E-state index contributed by atoms with van der Waals surface area (Å²) in [6, 6.07) is 0.729. The summed E-state index contributed by atoms with van der Waals surface area (Å²) >= 11 is 0. The summed E-state index contributed by atoms with van der Waals surface area (Å²) in [5.74, 6) is 1.49. The lowest BCUT2D eigenvalue weighted by Crippen LogP contribution is -2.52. The number of rotatable bonds is 7. The maximum absolute atomic E-state index is 9.97. The monoisotopic (exact) mass is 296 g/mol. The topological polar surface area (TPSA) is 35.5 Å². The van der Waals surface area contributed by atoms with E-state index in [9.17, 15) is 5.11 Å². The number of likely N-dealkylation sites (tertiary alicyclic amines) is 1. The summed E-state index contributed by atoms with van der Waals surface area (Å²) in [6.07, 6.45) is 8.85. The summed E-state index contributed by atoms with van der Waals surface area (Å²) in [4.78, 5) is 2.69. The Hall–Kier alpha value is -0.120. The van der Waals surface area contributed by atoms with Gasteiger partial charge in [0.05, 0.1) is 6.61 Å². The van der Waals surface area contributed by atoms with Crippen molar-refractivity contribution in [1.29, 1.82) is 0 Å². The van der Waals surface area contributed by atoms with Gasteiger partial charge in [0.2, 0.25) is 0 Å². The Bertz CT molecular complexity index is 310. The third-order valence-electron chi connectivity index (χ3n) is 6.24. The maximum atomic E-state index is 9.97. The van der Waals surface area contributed by atoms with E-state index in [0.717, 1.165) is 31.3 Å². The molecule has 0 aromatic rings. The Morgan fingerprint density at radius 2 is 2.05 bits per heavy atom. The molecule has 0 amide bonds. The fraction of sp³-hybridized carbons (Fsp3) is 1.00. The van der Waals surface area contributed by atoms with E-state index in [2.05, 4.69) is 31.0 Å². The molecule has 1 saturated carbocycles. The first-order chi connectivity index (χ1) is 10.1. The number of piperidine rings is 1. The molecule has 21 heavy (non-hydrogen) atoms. The highest BCUT2D eigenvalue weighted by atomic mass is 16.3. The van der Waals surface area contributed by atoms with Gasteiger partial charge in [0.1, 0.15) is 0 Å². The molecule has 1 aliphatic heterocycles. The van der Waals surface area contributed by atoms with Crippen LogP contribution in [0.2, 0.25) is 0 Å². The molecular weight excluding hydrogens is 260 g/mol. The van der Waals surface area contributed by atoms with Gasteiger partial charge in [0, 0.05) is 11.6 Å². The van der Waals surface area contributed by atoms with Crippen LogP contribution in [0, 0.1) is 11.8 Å². The number of aliphatic hydroxyl groups excluding tert-OH is 1. The van der Waals surface area contributed by atoms with Crippen LogP contribution in [0.25, 0.3) is 0 Å². The van der Waals surface area contributed by atoms with Crippen molar-refractivity contribution in [3.8, 4) is 0 Å². The van der Waals surface area contributed by atoms with Crippen LogP contribution in [0.4, 0.5) is 0 Å². The Kier molecular flexibility index (Phi) is 6.51. The molecule has 4 unspecified atom stereocenters. The first kappa shape index (κ1) is 17.2. The highest BCUT2D eigenvalue weighted by Crippen LogP contribution is 2.38. The average Bonchev–Trinajstić information content (AvgIpc) is 2.90. The van der Waals surface area contributed by atoms with Crippen molar-refractivity contribution in [3.05, 3.63) is 0 Å². The highest BCUT2D eigenvalue weighted by molar-refractivity contribution is 4.99. The Morgan fingerprint density at radius 3 is 2.76 bits per heavy atom. The molecule has 1 aliphatic carbocycles. The number of hydrogen-bond acceptors (Lipinski definition) is 3. The normalized spacial score (nSPS) is 38.0. The lowest BCUT2D eigenvalue weighted by molar-refractivity contribution is 0.0814. The second kappa shape index (κ2) is 7.94. The predicted octanol–water partition coefficient (Wildman–Crippen LogP) is 3.03. The molecular formula is C18H36N2O. The largest absolute Gasteiger partial charge is 0.394 e. The summed E-state index contributed by atoms with van der Waals surface area (Å²) < 4.78 is 0. The van der Waals surface area contributed by atoms with Gasteiger partial charge in [0.25, 0.3) is 0 Å². The average molecular weight is 296 g/mol. The van der Waals surface area contributed by atoms with E-state index >= 15 is 0 Å². The van der Waals surface area contributed by atoms with Gasteiger partial charge in [-0.25, -0.2) is 0 Å². The minimum Gasteiger partial charge on any atom is -0.394 e. The van der Waals surface area contributed by atoms with E-state index in [-0.39, 0.29) is 5.54 Å². The number of nitrogens with zero attached hydrogens (tertiary/aromatic N) is 1. The first-order valence-corrected chi connectivity index (χ1v) is 9.23. The number of nitrogens with one attached hydrogen (secondary N) is 1. The molecule has 0 aromatic carbocycles. The van der Waals surface area contributed by atoms with Crippen LogP contribution in [0.15, 0.2) is 0 Å². The molecule has 124 valence electrons. The van der Waals surface area contributed by atoms with Gasteiger partial charge in [-0.3, -0.25) is 0 Å². The van der Waals surface area contributed by atoms with Crippen molar-refractivity contribution >= 4 is 0 Å². The molecule has 3 heteroatoms. The van der Waals surface area contributed by atoms with Crippen molar-refractivity contribution in [1.82, 2.24) is 10.2 Å². The molecule has 1 heterocycles. The van der Waals surface area contributed by atoms with E-state index in [1.165, 1.54) is 45.2 Å². The number of hydrogen-bond donors (Lipinski definition) is 2. The van der Waals surface area contributed by atoms with Crippen LogP contribution in [0.3, 0.4) is 0 Å². The molecule has 0 spiro atoms. The van der Waals surface area contributed by atoms with Crippen molar-refractivity contribution < 1.29 is 5.11 Å². The molecule has 2 rings (SSSR count). The van der Waals surface area contributed by atoms with Gasteiger partial charge in [-0.2, -0.15) is 0 Å². The standard InChI is InChI=1S/C18H36N2O/c1-4-11-19-18(14-21)10-5-8-17(18)9-13-20-12-6-7-15(2)16(20)3/h15-17,19,21H,4-14H2,1-3H3. The van der Waals surface area contributed by atoms with E-state index < -0.39 is 0 Å². The fourth-order valence-electron chi connectivity index (χ4n) is 4.49. The van der Waals surface area contributed by atoms with Crippen LogP contribution >= 0.6 is 0 Å². The highest BCUT2D eigenvalue weighted by Gasteiger charge is 2.41. The molecule has 0 radical (unpaired) electrons. The lowest BCUT2D eigenvalue weighted by atomic mass is 9.84. The van der Waals surface area contributed by atoms with Gasteiger partial charge in [0.15, 0.2) is 0 Å². The summed E-state index contributed by atoms with van der Waals surface area (Å²) in [5, 5.41) is 13.7. The number of aliphatic hydroxyl groups is 1. The molecule has 2 fully saturated rings. The zero-order chi connectivity index (χ0) is 15.3. The van der Waals surface area contributed by atoms with Crippen LogP contribution in [0.1, 0.15) is 65.7 Å². The smallest absolute Gasteiger partial charge is 0.0616 e. The van der Waals surface area contributed by atoms with Gasteiger partial charge in [-0.15, -0.1) is 0 Å². The van der Waals surface area contributed by atoms with Crippen LogP contribution < -0.4 is 5.32 Å². The Balaban J connectivity index is 1.88. The van der Waals surface area contributed by atoms with Crippen molar-refractivity contribution in [2.45, 2.75) is 77.3 Å². The quantitative estimate of drug-likeness (QED) is 0.758. The fourth-order valence-corrected chi connectivity index (χ4v) is 4.49. The second-order valence-electron chi connectivity index (χ2n) is 7.51.